The van der Waals surface area contributed by atoms with Gasteiger partial charge in [-0.2, -0.15) is 18.0 Å². The monoisotopic (exact) mass is 176 g/mol. The predicted octanol–water partition coefficient (Wildman–Crippen LogP) is -1.00. The Morgan fingerprint density at radius 1 is 1.56 bits per heavy atom. The van der Waals surface area contributed by atoms with Crippen molar-refractivity contribution in [1.29, 1.82) is 0 Å². The van der Waals surface area contributed by atoms with Crippen LogP contribution in [0.15, 0.2) is 0 Å². The summed E-state index contributed by atoms with van der Waals surface area (Å²) in [6.45, 7) is 2.07. The van der Waals surface area contributed by atoms with E-state index in [1.807, 2.05) is 0 Å². The van der Waals surface area contributed by atoms with Crippen molar-refractivity contribution in [2.24, 2.45) is 0 Å². The van der Waals surface area contributed by atoms with Crippen LogP contribution in [0.2, 0.25) is 0 Å². The van der Waals surface area contributed by atoms with Gasteiger partial charge in [-0.25, -0.2) is 0 Å². The standard InChI is InChI=1S/C6H10Cl.ClH.Mg/c1-6(7)4-2-3-5-6;;/h4H,2-3,5H2,1H3;1H;/q-1;;+2/p-1. The molecular formula is C6H10Cl2Mg. The van der Waals surface area contributed by atoms with E-state index in [1.165, 1.54) is 12.8 Å². The summed E-state index contributed by atoms with van der Waals surface area (Å²) < 4.78 is 0. The fourth-order valence-electron chi connectivity index (χ4n) is 0.953. The molecule has 1 aliphatic rings. The van der Waals surface area contributed by atoms with Gasteiger partial charge in [0, 0.05) is 0 Å². The third kappa shape index (κ3) is 4.71. The van der Waals surface area contributed by atoms with Crippen molar-refractivity contribution in [2.45, 2.75) is 31.1 Å². The summed E-state index contributed by atoms with van der Waals surface area (Å²) in [5.74, 6) is 0. The van der Waals surface area contributed by atoms with E-state index >= 15 is 0 Å². The van der Waals surface area contributed by atoms with Crippen molar-refractivity contribution in [3.05, 3.63) is 6.42 Å². The van der Waals surface area contributed by atoms with E-state index in [-0.39, 0.29) is 40.3 Å². The van der Waals surface area contributed by atoms with E-state index in [9.17, 15) is 0 Å². The summed E-state index contributed by atoms with van der Waals surface area (Å²) >= 11 is 5.91. The van der Waals surface area contributed by atoms with Gasteiger partial charge < -0.3 is 18.8 Å². The van der Waals surface area contributed by atoms with Crippen molar-refractivity contribution in [3.8, 4) is 0 Å². The molecule has 0 amide bonds. The van der Waals surface area contributed by atoms with Crippen LogP contribution in [0, 0.1) is 6.42 Å². The van der Waals surface area contributed by atoms with Gasteiger partial charge in [-0.05, 0) is 0 Å². The van der Waals surface area contributed by atoms with Crippen LogP contribution >= 0.6 is 11.6 Å². The molecule has 0 aliphatic heterocycles. The van der Waals surface area contributed by atoms with Gasteiger partial charge in [-0.1, -0.05) is 24.6 Å². The first kappa shape index (κ1) is 13.0. The summed E-state index contributed by atoms with van der Waals surface area (Å²) in [6, 6.07) is 0. The molecule has 0 nitrogen and oxygen atoms in total. The molecule has 0 radical (unpaired) electrons. The topological polar surface area (TPSA) is 0 Å². The van der Waals surface area contributed by atoms with Crippen molar-refractivity contribution in [1.82, 2.24) is 0 Å². The SMILES string of the molecule is CC1(Cl)[CH-]CCC1.[Cl-].[Mg+2]. The van der Waals surface area contributed by atoms with Gasteiger partial charge in [0.2, 0.25) is 0 Å². The number of hydrogen-bond acceptors (Lipinski definition) is 0. The van der Waals surface area contributed by atoms with Gasteiger partial charge in [0.25, 0.3) is 0 Å². The molecule has 9 heavy (non-hydrogen) atoms. The van der Waals surface area contributed by atoms with Crippen molar-refractivity contribution in [2.75, 3.05) is 0 Å². The van der Waals surface area contributed by atoms with Gasteiger partial charge in [0.05, 0.1) is 0 Å². The van der Waals surface area contributed by atoms with E-state index in [0.717, 1.165) is 6.42 Å². The van der Waals surface area contributed by atoms with E-state index in [0.29, 0.717) is 0 Å². The third-order valence-electron chi connectivity index (χ3n) is 1.44. The molecule has 1 aliphatic carbocycles. The van der Waals surface area contributed by atoms with E-state index in [1.54, 1.807) is 0 Å². The minimum absolute atomic E-state index is 0. The Kier molecular flexibility index (Phi) is 7.29. The number of halogens is 2. The van der Waals surface area contributed by atoms with Crippen LogP contribution in [0.4, 0.5) is 0 Å². The zero-order chi connectivity index (χ0) is 5.33. The maximum atomic E-state index is 5.91. The largest absolute Gasteiger partial charge is 2.00 e. The molecule has 1 rings (SSSR count). The molecule has 0 bridgehead atoms. The van der Waals surface area contributed by atoms with Crippen LogP contribution in [-0.2, 0) is 0 Å². The molecule has 0 aromatic rings. The summed E-state index contributed by atoms with van der Waals surface area (Å²) in [7, 11) is 0. The second-order valence-corrected chi connectivity index (χ2v) is 3.24. The van der Waals surface area contributed by atoms with Crippen molar-refractivity contribution < 1.29 is 12.4 Å². The van der Waals surface area contributed by atoms with Crippen LogP contribution in [0.25, 0.3) is 0 Å². The molecule has 1 atom stereocenters. The first-order valence-electron chi connectivity index (χ1n) is 2.74. The van der Waals surface area contributed by atoms with Gasteiger partial charge in [0.15, 0.2) is 0 Å². The van der Waals surface area contributed by atoms with Gasteiger partial charge in [0.1, 0.15) is 0 Å². The summed E-state index contributed by atoms with van der Waals surface area (Å²) in [6.07, 6.45) is 5.84. The summed E-state index contributed by atoms with van der Waals surface area (Å²) in [5.41, 5.74) is 0. The fourth-order valence-corrected chi connectivity index (χ4v) is 1.20. The molecule has 0 spiro atoms. The third-order valence-corrected chi connectivity index (χ3v) is 1.78. The molecule has 0 heterocycles. The first-order valence-corrected chi connectivity index (χ1v) is 3.12. The van der Waals surface area contributed by atoms with Crippen LogP contribution in [0.3, 0.4) is 0 Å². The van der Waals surface area contributed by atoms with E-state index < -0.39 is 0 Å². The van der Waals surface area contributed by atoms with Gasteiger partial charge in [-0.3, -0.25) is 0 Å². The normalized spacial score (nSPS) is 32.7. The zero-order valence-corrected chi connectivity index (χ0v) is 8.59. The number of alkyl halides is 1. The van der Waals surface area contributed by atoms with E-state index in [2.05, 4.69) is 13.3 Å². The Labute approximate surface area is 84.3 Å². The van der Waals surface area contributed by atoms with Gasteiger partial charge >= 0.3 is 23.1 Å². The minimum atomic E-state index is 0. The maximum Gasteiger partial charge on any atom is 2.00 e. The zero-order valence-electron chi connectivity index (χ0n) is 5.66. The Morgan fingerprint density at radius 3 is 2.22 bits per heavy atom. The Bertz CT molecular complexity index is 65.5. The average Bonchev–Trinajstić information content (AvgIpc) is 1.84. The van der Waals surface area contributed by atoms with Crippen molar-refractivity contribution in [3.63, 3.8) is 0 Å². The maximum absolute atomic E-state index is 5.91. The number of hydrogen-bond donors (Lipinski definition) is 0. The number of rotatable bonds is 0. The van der Waals surface area contributed by atoms with Crippen LogP contribution in [0.1, 0.15) is 26.2 Å². The second-order valence-electron chi connectivity index (χ2n) is 2.37. The molecule has 1 saturated carbocycles. The quantitative estimate of drug-likeness (QED) is 0.253. The molecule has 0 aromatic carbocycles. The van der Waals surface area contributed by atoms with Crippen LogP contribution in [-0.4, -0.2) is 27.9 Å². The van der Waals surface area contributed by atoms with Crippen LogP contribution < -0.4 is 12.4 Å². The summed E-state index contributed by atoms with van der Waals surface area (Å²) in [4.78, 5) is 0.0417. The Morgan fingerprint density at radius 2 is 2.11 bits per heavy atom. The molecular weight excluding hydrogens is 167 g/mol. The second kappa shape index (κ2) is 5.06. The Hall–Kier alpha value is 1.35. The Balaban J connectivity index is 0. The molecule has 3 heteroatoms. The molecule has 1 unspecified atom stereocenters. The first-order chi connectivity index (χ1) is 3.21. The predicted molar refractivity (Wildman–Crippen MR) is 38.2 cm³/mol. The molecule has 0 saturated heterocycles. The van der Waals surface area contributed by atoms with E-state index in [4.69, 9.17) is 11.6 Å². The molecule has 0 aromatic heterocycles. The minimum Gasteiger partial charge on any atom is -1.00 e. The smallest absolute Gasteiger partial charge is 1.00 e. The fraction of sp³-hybridized carbons (Fsp3) is 0.833. The summed E-state index contributed by atoms with van der Waals surface area (Å²) in [5, 5.41) is 0. The molecule has 0 N–H and O–H groups in total. The molecule has 50 valence electrons. The van der Waals surface area contributed by atoms with Gasteiger partial charge in [-0.15, -0.1) is 0 Å². The molecule has 1 fully saturated rings. The average molecular weight is 177 g/mol. The van der Waals surface area contributed by atoms with Crippen LogP contribution in [0.5, 0.6) is 0 Å². The van der Waals surface area contributed by atoms with Crippen molar-refractivity contribution >= 4 is 34.7 Å².